The maximum atomic E-state index is 13.2. The van der Waals surface area contributed by atoms with Crippen molar-refractivity contribution in [2.45, 2.75) is 38.6 Å². The van der Waals surface area contributed by atoms with Crippen molar-refractivity contribution in [3.05, 3.63) is 206 Å². The lowest BCUT2D eigenvalue weighted by Gasteiger charge is -2.15. The molecule has 6 aromatic carbocycles. The number of amides is 4. The number of aromatic hydroxyl groups is 3. The van der Waals surface area contributed by atoms with Crippen LogP contribution in [-0.4, -0.2) is 133 Å². The minimum atomic E-state index is -0.951. The van der Waals surface area contributed by atoms with E-state index in [2.05, 4.69) is 45.1 Å². The third-order valence-corrected chi connectivity index (χ3v) is 13.8. The van der Waals surface area contributed by atoms with Crippen molar-refractivity contribution in [2.24, 2.45) is 5.73 Å². The summed E-state index contributed by atoms with van der Waals surface area (Å²) in [5.41, 5.74) is 9.67. The van der Waals surface area contributed by atoms with E-state index in [1.165, 1.54) is 95.2 Å². The highest BCUT2D eigenvalue weighted by Gasteiger charge is 2.27. The van der Waals surface area contributed by atoms with Gasteiger partial charge in [0, 0.05) is 53.0 Å². The topological polar surface area (TPSA) is 344 Å². The van der Waals surface area contributed by atoms with Gasteiger partial charge in [-0.3, -0.25) is 34.1 Å². The minimum absolute atomic E-state index is 0.0120. The molecule has 0 aliphatic rings. The van der Waals surface area contributed by atoms with E-state index >= 15 is 0 Å². The Hall–Kier alpha value is -11.5. The van der Waals surface area contributed by atoms with Crippen LogP contribution in [0.3, 0.4) is 0 Å². The van der Waals surface area contributed by atoms with Gasteiger partial charge < -0.3 is 60.7 Å². The normalized spacial score (nSPS) is 11.0. The van der Waals surface area contributed by atoms with Crippen molar-refractivity contribution in [1.29, 1.82) is 0 Å². The van der Waals surface area contributed by atoms with Crippen LogP contribution >= 0.6 is 0 Å². The van der Waals surface area contributed by atoms with Gasteiger partial charge in [0.1, 0.15) is 56.7 Å². The Labute approximate surface area is 522 Å². The number of benzene rings is 6. The molecule has 8 N–H and O–H groups in total. The Morgan fingerprint density at radius 1 is 0.489 bits per heavy atom. The Morgan fingerprint density at radius 3 is 1.23 bits per heavy atom. The molecule has 9 rings (SSSR count). The summed E-state index contributed by atoms with van der Waals surface area (Å²) in [6, 6.07) is 25.7. The average molecular weight is 1260 g/mol. The van der Waals surface area contributed by atoms with E-state index in [1.807, 2.05) is 0 Å². The first kappa shape index (κ1) is 68.0. The lowest BCUT2D eigenvalue weighted by molar-refractivity contribution is -0.142. The molecule has 0 unspecified atom stereocenters. The number of rotatable bonds is 19. The van der Waals surface area contributed by atoms with E-state index in [-0.39, 0.29) is 97.3 Å². The molecule has 0 saturated heterocycles. The largest absolute Gasteiger partial charge is 0.505 e. The van der Waals surface area contributed by atoms with E-state index in [9.17, 15) is 66.8 Å². The van der Waals surface area contributed by atoms with Crippen LogP contribution in [0.4, 0.5) is 18.9 Å². The molecule has 0 aliphatic heterocycles. The molecule has 9 aromatic rings. The zero-order valence-corrected chi connectivity index (χ0v) is 50.1. The smallest absolute Gasteiger partial charge is 0.341 e. The number of phenols is 3. The van der Waals surface area contributed by atoms with E-state index in [0.29, 0.717) is 41.5 Å². The number of carbonyl (C=O) groups is 8. The first-order chi connectivity index (χ1) is 44.0. The first-order valence-electron chi connectivity index (χ1n) is 27.6. The first-order valence-corrected chi connectivity index (χ1v) is 27.6. The summed E-state index contributed by atoms with van der Waals surface area (Å²) in [4.78, 5) is 109. The molecule has 476 valence electrons. The Kier molecular flexibility index (Phi) is 23.0. The molecule has 3 heterocycles. The second-order valence-electron chi connectivity index (χ2n) is 20.2. The highest BCUT2D eigenvalue weighted by atomic mass is 19.1. The molecule has 0 radical (unpaired) electrons. The molecule has 23 nitrogen and oxygen atoms in total. The number of phenolic OH excluding ortho intramolecular Hbond substituents is 3. The monoisotopic (exact) mass is 1260 g/mol. The summed E-state index contributed by atoms with van der Waals surface area (Å²) >= 11 is 0. The maximum absolute atomic E-state index is 13.2. The van der Waals surface area contributed by atoms with E-state index in [1.54, 1.807) is 60.8 Å². The molecular weight excluding hydrogens is 1200 g/mol. The molecule has 0 bridgehead atoms. The van der Waals surface area contributed by atoms with Crippen LogP contribution in [0.1, 0.15) is 98.5 Å². The fourth-order valence-corrected chi connectivity index (χ4v) is 9.22. The summed E-state index contributed by atoms with van der Waals surface area (Å²) in [5.74, 6) is -7.74. The highest BCUT2D eigenvalue weighted by molar-refractivity contribution is 6.14. The van der Waals surface area contributed by atoms with Crippen molar-refractivity contribution in [3.8, 4) is 17.2 Å². The van der Waals surface area contributed by atoms with Gasteiger partial charge in [-0.25, -0.2) is 32.3 Å². The molecule has 0 spiro atoms. The lowest BCUT2D eigenvalue weighted by Crippen LogP contribution is -2.39. The van der Waals surface area contributed by atoms with Crippen LogP contribution in [0, 0.1) is 17.5 Å². The number of anilines is 1. The fourth-order valence-electron chi connectivity index (χ4n) is 9.22. The molecule has 26 heteroatoms. The Morgan fingerprint density at radius 2 is 0.859 bits per heavy atom. The number of methoxy groups -OCH3 is 5. The average Bonchev–Trinajstić information content (AvgIpc) is 0.792. The number of esters is 4. The number of hydrogen-bond acceptors (Lipinski definition) is 19. The zero-order valence-electron chi connectivity index (χ0n) is 50.1. The number of pyridine rings is 3. The van der Waals surface area contributed by atoms with Crippen molar-refractivity contribution < 1.29 is 90.5 Å². The molecule has 0 saturated carbocycles. The predicted octanol–water partition coefficient (Wildman–Crippen LogP) is 7.85. The Bertz CT molecular complexity index is 4290. The summed E-state index contributed by atoms with van der Waals surface area (Å²) in [7, 11) is 6.16. The number of hydrogen-bond donors (Lipinski definition) is 7. The number of halogens is 3. The number of aromatic nitrogens is 3. The van der Waals surface area contributed by atoms with Crippen LogP contribution in [-0.2, 0) is 57.3 Å². The summed E-state index contributed by atoms with van der Waals surface area (Å²) < 4.78 is 63.0. The summed E-state index contributed by atoms with van der Waals surface area (Å²) in [5, 5.41) is 40.2. The molecule has 0 fully saturated rings. The third kappa shape index (κ3) is 17.0. The van der Waals surface area contributed by atoms with Gasteiger partial charge in [0.05, 0.1) is 53.7 Å². The van der Waals surface area contributed by atoms with Crippen LogP contribution in [0.5, 0.6) is 17.2 Å². The predicted molar refractivity (Wildman–Crippen MR) is 327 cm³/mol. The van der Waals surface area contributed by atoms with Crippen LogP contribution in [0.25, 0.3) is 32.7 Å². The maximum Gasteiger partial charge on any atom is 0.341 e. The van der Waals surface area contributed by atoms with Gasteiger partial charge in [-0.1, -0.05) is 36.4 Å². The number of carbonyl (C=O) groups excluding carboxylic acids is 8. The van der Waals surface area contributed by atoms with Crippen LogP contribution < -0.4 is 21.7 Å². The zero-order chi connectivity index (χ0) is 66.9. The second kappa shape index (κ2) is 31.1. The van der Waals surface area contributed by atoms with Gasteiger partial charge in [0.25, 0.3) is 11.8 Å². The third-order valence-electron chi connectivity index (χ3n) is 13.8. The van der Waals surface area contributed by atoms with Gasteiger partial charge in [-0.15, -0.1) is 0 Å². The Balaban J connectivity index is 0.000000196. The molecule has 1 atom stereocenters. The molecule has 4 amide bonds. The number of fused-ring (bicyclic) bond motifs is 3. The summed E-state index contributed by atoms with van der Waals surface area (Å²) in [6.45, 7) is 1.28. The van der Waals surface area contributed by atoms with Gasteiger partial charge in [-0.2, -0.15) is 0 Å². The van der Waals surface area contributed by atoms with Crippen molar-refractivity contribution >= 4 is 85.9 Å². The van der Waals surface area contributed by atoms with Gasteiger partial charge in [0.15, 0.2) is 17.2 Å². The number of nitrogens with one attached hydrogen (secondary N) is 3. The van der Waals surface area contributed by atoms with Crippen molar-refractivity contribution in [2.75, 3.05) is 54.0 Å². The highest BCUT2D eigenvalue weighted by Crippen LogP contribution is 2.37. The van der Waals surface area contributed by atoms with E-state index < -0.39 is 65.7 Å². The molecule has 92 heavy (non-hydrogen) atoms. The number of nitrogens with zero attached hydrogens (tertiary/aromatic N) is 3. The van der Waals surface area contributed by atoms with Gasteiger partial charge in [-0.05, 0) is 132 Å². The number of ether oxygens (including phenoxy) is 5. The molecular formula is C66H60F3N7O16. The fraction of sp³-hybridized carbons (Fsp3) is 0.197. The molecule has 0 aliphatic carbocycles. The van der Waals surface area contributed by atoms with Crippen LogP contribution in [0.2, 0.25) is 0 Å². The minimum Gasteiger partial charge on any atom is -0.505 e. The summed E-state index contributed by atoms with van der Waals surface area (Å²) in [6.07, 6.45) is 5.91. The quantitative estimate of drug-likeness (QED) is 0.0230. The number of primary amides is 1. The van der Waals surface area contributed by atoms with Gasteiger partial charge >= 0.3 is 23.9 Å². The van der Waals surface area contributed by atoms with Crippen molar-refractivity contribution in [1.82, 2.24) is 25.6 Å². The van der Waals surface area contributed by atoms with Gasteiger partial charge in [0.2, 0.25) is 11.8 Å². The second-order valence-corrected chi connectivity index (χ2v) is 20.2. The molecule has 3 aromatic heterocycles. The van der Waals surface area contributed by atoms with Crippen molar-refractivity contribution in [3.63, 3.8) is 0 Å². The van der Waals surface area contributed by atoms with E-state index in [0.717, 1.165) is 36.5 Å². The van der Waals surface area contributed by atoms with Crippen LogP contribution in [0.15, 0.2) is 128 Å². The standard InChI is InChI=1S/C23H21FN2O6.C22H21FN2O5.C21H18FN3O5/c1-12(22(29)31-2)26-21(28)17-10-18(23(30)32-3)20(27)19-16(17)9-14(11-25-19)8-13-4-6-15(24)7-5-13;1-29-8-7-19(26)25-18-11-17(22(28)30-2)21(27)20-16(18)10-14(12-24-20)9-13-3-5-15(23)6-4-13;1-30-21(29)16-8-15(20(28)25-10-17(23)26)14-7-12(9-24-18(14)19(16)27)6-11-2-4-13(22)5-3-11/h4-7,9-12,27H,8H2,1-3H3,(H,26,28);3-6,10-12,27H,7-9H2,1-2H3,(H,25,26);2-5,7-9,27H,6,10H2,1H3,(H2,23,26)(H,25,28)/t12-;;/m0../s1. The van der Waals surface area contributed by atoms with E-state index in [4.69, 9.17) is 15.2 Å². The number of nitrogens with two attached hydrogens (primary N) is 1. The lowest BCUT2D eigenvalue weighted by atomic mass is 9.98. The SMILES string of the molecule is COC(=O)c1cc(C(=O)NCC(N)=O)c2cc(Cc3ccc(F)cc3)cnc2c1O.COC(=O)c1cc(C(=O)N[C@@H](C)C(=O)OC)c2cc(Cc3ccc(F)cc3)cnc2c1O.COCCC(=O)Nc1cc(C(=O)OC)c(O)c2ncc(Cc3ccc(F)cc3)cc12.